The Balaban J connectivity index is 2.20. The molecule has 146 valence electrons. The molecule has 1 saturated heterocycles. The van der Waals surface area contributed by atoms with E-state index in [0.29, 0.717) is 23.4 Å². The molecule has 0 radical (unpaired) electrons. The molecule has 1 amide bonds. The molecule has 1 heterocycles. The molecule has 0 saturated carbocycles. The van der Waals surface area contributed by atoms with Crippen LogP contribution in [0.5, 0.6) is 5.75 Å². The largest absolute Gasteiger partial charge is 0.507 e. The van der Waals surface area contributed by atoms with Crippen molar-refractivity contribution in [2.24, 2.45) is 0 Å². The van der Waals surface area contributed by atoms with Crippen LogP contribution < -0.4 is 4.74 Å². The lowest BCUT2D eigenvalue weighted by Crippen LogP contribution is -2.30. The first kappa shape index (κ1) is 19.7. The average Bonchev–Trinajstić information content (AvgIpc) is 2.96. The van der Waals surface area contributed by atoms with Crippen molar-refractivity contribution < 1.29 is 19.4 Å². The minimum Gasteiger partial charge on any atom is -0.507 e. The number of ketones is 1. The van der Waals surface area contributed by atoms with E-state index in [1.807, 2.05) is 44.2 Å². The number of benzene rings is 2. The molecular formula is C23H25NO4. The Kier molecular flexibility index (Phi) is 5.83. The molecule has 3 rings (SSSR count). The number of para-hydroxylation sites is 1. The molecule has 28 heavy (non-hydrogen) atoms. The monoisotopic (exact) mass is 379 g/mol. The SMILES string of the molecule is CCCCN1C(=O)C(=O)C(=C(O)c2ccc(C)cc2)C1c1ccccc1OC. The summed E-state index contributed by atoms with van der Waals surface area (Å²) in [4.78, 5) is 27.2. The van der Waals surface area contributed by atoms with E-state index in [9.17, 15) is 14.7 Å². The van der Waals surface area contributed by atoms with Crippen LogP contribution in [0, 0.1) is 6.92 Å². The molecule has 1 unspecified atom stereocenters. The van der Waals surface area contributed by atoms with Gasteiger partial charge in [0.25, 0.3) is 11.7 Å². The van der Waals surface area contributed by atoms with Crippen molar-refractivity contribution in [2.45, 2.75) is 32.7 Å². The number of aliphatic hydroxyl groups is 1. The van der Waals surface area contributed by atoms with Gasteiger partial charge in [0, 0.05) is 17.7 Å². The van der Waals surface area contributed by atoms with Gasteiger partial charge in [-0.3, -0.25) is 9.59 Å². The van der Waals surface area contributed by atoms with Gasteiger partial charge in [-0.2, -0.15) is 0 Å². The fraction of sp³-hybridized carbons (Fsp3) is 0.304. The Bertz CT molecular complexity index is 914. The van der Waals surface area contributed by atoms with Gasteiger partial charge in [0.1, 0.15) is 11.5 Å². The van der Waals surface area contributed by atoms with Crippen LogP contribution in [0.2, 0.25) is 0 Å². The third-order valence-electron chi connectivity index (χ3n) is 5.05. The van der Waals surface area contributed by atoms with Crippen LogP contribution >= 0.6 is 0 Å². The van der Waals surface area contributed by atoms with Crippen LogP contribution in [0.15, 0.2) is 54.1 Å². The summed E-state index contributed by atoms with van der Waals surface area (Å²) in [6.07, 6.45) is 1.66. The van der Waals surface area contributed by atoms with E-state index < -0.39 is 17.7 Å². The number of rotatable bonds is 6. The first-order valence-corrected chi connectivity index (χ1v) is 9.48. The van der Waals surface area contributed by atoms with Gasteiger partial charge in [-0.1, -0.05) is 61.4 Å². The third-order valence-corrected chi connectivity index (χ3v) is 5.05. The van der Waals surface area contributed by atoms with Gasteiger partial charge in [-0.25, -0.2) is 0 Å². The summed E-state index contributed by atoms with van der Waals surface area (Å²) in [6, 6.07) is 13.8. The predicted molar refractivity (Wildman–Crippen MR) is 108 cm³/mol. The number of hydrogen-bond acceptors (Lipinski definition) is 4. The second kappa shape index (κ2) is 8.30. The average molecular weight is 379 g/mol. The van der Waals surface area contributed by atoms with E-state index in [1.54, 1.807) is 30.2 Å². The van der Waals surface area contributed by atoms with Gasteiger partial charge in [-0.15, -0.1) is 0 Å². The lowest BCUT2D eigenvalue weighted by molar-refractivity contribution is -0.139. The normalized spacial score (nSPS) is 18.5. The number of carbonyl (C=O) groups is 2. The maximum atomic E-state index is 12.9. The molecule has 2 aromatic rings. The molecule has 5 heteroatoms. The van der Waals surface area contributed by atoms with E-state index in [2.05, 4.69) is 0 Å². The molecule has 5 nitrogen and oxygen atoms in total. The zero-order valence-electron chi connectivity index (χ0n) is 16.4. The van der Waals surface area contributed by atoms with E-state index in [0.717, 1.165) is 18.4 Å². The topological polar surface area (TPSA) is 66.8 Å². The Morgan fingerprint density at radius 2 is 1.79 bits per heavy atom. The number of carbonyl (C=O) groups excluding carboxylic acids is 2. The van der Waals surface area contributed by atoms with Crippen molar-refractivity contribution in [3.63, 3.8) is 0 Å². The number of likely N-dealkylation sites (tertiary alicyclic amines) is 1. The number of ether oxygens (including phenoxy) is 1. The van der Waals surface area contributed by atoms with Gasteiger partial charge >= 0.3 is 0 Å². The number of aryl methyl sites for hydroxylation is 1. The minimum atomic E-state index is -0.677. The van der Waals surface area contributed by atoms with Crippen LogP contribution in [0.25, 0.3) is 5.76 Å². The third kappa shape index (κ3) is 3.52. The summed E-state index contributed by atoms with van der Waals surface area (Å²) in [5.74, 6) is -0.831. The lowest BCUT2D eigenvalue weighted by Gasteiger charge is -2.26. The highest BCUT2D eigenvalue weighted by Crippen LogP contribution is 2.42. The first-order chi connectivity index (χ1) is 13.5. The van der Waals surface area contributed by atoms with Crippen LogP contribution in [0.4, 0.5) is 0 Å². The summed E-state index contributed by atoms with van der Waals surface area (Å²) >= 11 is 0. The van der Waals surface area contributed by atoms with E-state index >= 15 is 0 Å². The number of aliphatic hydroxyl groups excluding tert-OH is 1. The van der Waals surface area contributed by atoms with E-state index in [4.69, 9.17) is 4.74 Å². The van der Waals surface area contributed by atoms with Crippen LogP contribution in [-0.4, -0.2) is 35.4 Å². The van der Waals surface area contributed by atoms with Crippen molar-refractivity contribution in [2.75, 3.05) is 13.7 Å². The highest BCUT2D eigenvalue weighted by molar-refractivity contribution is 6.46. The van der Waals surface area contributed by atoms with Crippen LogP contribution in [-0.2, 0) is 9.59 Å². The molecule has 1 atom stereocenters. The fourth-order valence-corrected chi connectivity index (χ4v) is 3.52. The summed E-state index contributed by atoms with van der Waals surface area (Å²) in [5, 5.41) is 11.0. The van der Waals surface area contributed by atoms with Crippen LogP contribution in [0.3, 0.4) is 0 Å². The van der Waals surface area contributed by atoms with Crippen molar-refractivity contribution in [1.29, 1.82) is 0 Å². The molecular weight excluding hydrogens is 354 g/mol. The minimum absolute atomic E-state index is 0.106. The molecule has 2 aromatic carbocycles. The van der Waals surface area contributed by atoms with Gasteiger partial charge in [0.05, 0.1) is 18.7 Å². The van der Waals surface area contributed by atoms with E-state index in [1.165, 1.54) is 0 Å². The number of Topliss-reactive ketones (excluding diaryl/α,β-unsaturated/α-hetero) is 1. The molecule has 1 fully saturated rings. The van der Waals surface area contributed by atoms with Gasteiger partial charge in [-0.05, 0) is 19.4 Å². The Morgan fingerprint density at radius 3 is 2.43 bits per heavy atom. The zero-order chi connectivity index (χ0) is 20.3. The van der Waals surface area contributed by atoms with E-state index in [-0.39, 0.29) is 11.3 Å². The number of methoxy groups -OCH3 is 1. The number of unbranched alkanes of at least 4 members (excludes halogenated alkanes) is 1. The number of nitrogens with zero attached hydrogens (tertiary/aromatic N) is 1. The molecule has 0 aliphatic carbocycles. The van der Waals surface area contributed by atoms with Gasteiger partial charge < -0.3 is 14.7 Å². The maximum absolute atomic E-state index is 12.9. The number of amides is 1. The molecule has 0 aromatic heterocycles. The second-order valence-electron chi connectivity index (χ2n) is 6.95. The van der Waals surface area contributed by atoms with Gasteiger partial charge in [0.15, 0.2) is 0 Å². The first-order valence-electron chi connectivity index (χ1n) is 9.48. The standard InChI is InChI=1S/C23H25NO4/c1-4-5-14-24-20(17-8-6-7-9-18(17)28-3)19(22(26)23(24)27)21(25)16-12-10-15(2)11-13-16/h6-13,20,25H,4-5,14H2,1-3H3. The summed E-state index contributed by atoms with van der Waals surface area (Å²) in [6.45, 7) is 4.41. The Hall–Kier alpha value is -3.08. The van der Waals surface area contributed by atoms with Gasteiger partial charge in [0.2, 0.25) is 0 Å². The second-order valence-corrected chi connectivity index (χ2v) is 6.95. The van der Waals surface area contributed by atoms with Crippen molar-refractivity contribution >= 4 is 17.4 Å². The summed E-state index contributed by atoms with van der Waals surface area (Å²) in [7, 11) is 1.55. The lowest BCUT2D eigenvalue weighted by atomic mass is 9.94. The van der Waals surface area contributed by atoms with Crippen LogP contribution in [0.1, 0.15) is 42.5 Å². The molecule has 0 spiro atoms. The zero-order valence-corrected chi connectivity index (χ0v) is 16.4. The van der Waals surface area contributed by atoms with Crippen molar-refractivity contribution in [1.82, 2.24) is 4.90 Å². The Labute approximate surface area is 165 Å². The fourth-order valence-electron chi connectivity index (χ4n) is 3.52. The molecule has 1 N–H and O–H groups in total. The number of hydrogen-bond donors (Lipinski definition) is 1. The highest BCUT2D eigenvalue weighted by atomic mass is 16.5. The smallest absolute Gasteiger partial charge is 0.295 e. The maximum Gasteiger partial charge on any atom is 0.295 e. The highest BCUT2D eigenvalue weighted by Gasteiger charge is 2.46. The summed E-state index contributed by atoms with van der Waals surface area (Å²) in [5.41, 5.74) is 2.35. The molecule has 1 aliphatic rings. The van der Waals surface area contributed by atoms with Crippen molar-refractivity contribution in [3.8, 4) is 5.75 Å². The molecule has 1 aliphatic heterocycles. The van der Waals surface area contributed by atoms with Crippen molar-refractivity contribution in [3.05, 3.63) is 70.8 Å². The quantitative estimate of drug-likeness (QED) is 0.463. The summed E-state index contributed by atoms with van der Waals surface area (Å²) < 4.78 is 5.48. The molecule has 0 bridgehead atoms. The predicted octanol–water partition coefficient (Wildman–Crippen LogP) is 4.23. The Morgan fingerprint density at radius 1 is 1.11 bits per heavy atom.